The van der Waals surface area contributed by atoms with Crippen LogP contribution in [0.25, 0.3) is 11.1 Å². The molecule has 0 aliphatic heterocycles. The number of nitrogens with one attached hydrogen (secondary N) is 1. The molecule has 9 heteroatoms. The molecule has 0 bridgehead atoms. The lowest BCUT2D eigenvalue weighted by molar-refractivity contribution is -0.113. The first-order chi connectivity index (χ1) is 18.0. The predicted octanol–water partition coefficient (Wildman–Crippen LogP) is 5.80. The van der Waals surface area contributed by atoms with Crippen molar-refractivity contribution in [1.29, 1.82) is 0 Å². The second-order valence-electron chi connectivity index (χ2n) is 8.22. The Morgan fingerprint density at radius 1 is 1.08 bits per heavy atom. The molecule has 37 heavy (non-hydrogen) atoms. The largest absolute Gasteiger partial charge is 0.465 e. The Hall–Kier alpha value is -3.69. The molecule has 2 heterocycles. The van der Waals surface area contributed by atoms with Crippen molar-refractivity contribution >= 4 is 40.0 Å². The molecule has 0 saturated carbocycles. The van der Waals surface area contributed by atoms with Gasteiger partial charge in [-0.3, -0.25) is 4.79 Å². The molecule has 0 unspecified atom stereocenters. The summed E-state index contributed by atoms with van der Waals surface area (Å²) >= 11 is 2.66. The zero-order valence-corrected chi connectivity index (χ0v) is 22.4. The van der Waals surface area contributed by atoms with Crippen LogP contribution in [0.4, 0.5) is 5.00 Å². The number of carbonyl (C=O) groups is 2. The van der Waals surface area contributed by atoms with Gasteiger partial charge in [-0.2, -0.15) is 0 Å². The molecule has 0 aliphatic carbocycles. The number of carbonyl (C=O) groups excluding carboxylic acids is 2. The van der Waals surface area contributed by atoms with E-state index in [4.69, 9.17) is 4.74 Å². The number of nitrogens with zero attached hydrogens (tertiary/aromatic N) is 3. The van der Waals surface area contributed by atoms with Gasteiger partial charge in [-0.05, 0) is 24.5 Å². The highest BCUT2D eigenvalue weighted by Gasteiger charge is 2.25. The maximum atomic E-state index is 12.9. The zero-order valence-electron chi connectivity index (χ0n) is 20.8. The van der Waals surface area contributed by atoms with Gasteiger partial charge in [-0.15, -0.1) is 28.1 Å². The molecular formula is C28H28N4O3S2. The number of ether oxygens (including phenoxy) is 1. The molecule has 0 fully saturated rings. The third-order valence-electron chi connectivity index (χ3n) is 5.71. The standard InChI is InChI=1S/C28H28N4O3S2/c1-4-17-32-22(16-15-20-11-7-5-8-12-20)30-31-28(32)36-18-23(33)29-26-25(27(34)35-3)24(19(2)37-26)21-13-9-6-10-14-21/h4-14H,1,15-18H2,2-3H3,(H,29,33). The van der Waals surface area contributed by atoms with Crippen molar-refractivity contribution in [3.63, 3.8) is 0 Å². The van der Waals surface area contributed by atoms with Gasteiger partial charge in [0.15, 0.2) is 5.16 Å². The average molecular weight is 533 g/mol. The number of aryl methyl sites for hydroxylation is 3. The van der Waals surface area contributed by atoms with E-state index < -0.39 is 5.97 Å². The molecular weight excluding hydrogens is 504 g/mol. The molecule has 4 aromatic rings. The van der Waals surface area contributed by atoms with Crippen LogP contribution in [-0.4, -0.2) is 39.5 Å². The van der Waals surface area contributed by atoms with Gasteiger partial charge in [0.05, 0.1) is 12.9 Å². The summed E-state index contributed by atoms with van der Waals surface area (Å²) in [6.45, 7) is 6.33. The van der Waals surface area contributed by atoms with Crippen molar-refractivity contribution in [3.05, 3.63) is 95.1 Å². The van der Waals surface area contributed by atoms with Crippen LogP contribution in [0.15, 0.2) is 78.5 Å². The fraction of sp³-hybridized carbons (Fsp3) is 0.214. The van der Waals surface area contributed by atoms with E-state index >= 15 is 0 Å². The Bertz CT molecular complexity index is 1380. The lowest BCUT2D eigenvalue weighted by Gasteiger charge is -2.09. The van der Waals surface area contributed by atoms with Crippen LogP contribution in [0.3, 0.4) is 0 Å². The van der Waals surface area contributed by atoms with Crippen LogP contribution in [0.1, 0.15) is 26.6 Å². The van der Waals surface area contributed by atoms with Crippen LogP contribution in [-0.2, 0) is 28.9 Å². The summed E-state index contributed by atoms with van der Waals surface area (Å²) in [6, 6.07) is 19.8. The number of thioether (sulfide) groups is 1. The van der Waals surface area contributed by atoms with Gasteiger partial charge in [0, 0.05) is 23.4 Å². The van der Waals surface area contributed by atoms with Crippen LogP contribution in [0, 0.1) is 6.92 Å². The van der Waals surface area contributed by atoms with Crippen molar-refractivity contribution in [2.24, 2.45) is 0 Å². The first kappa shape index (κ1) is 26.4. The van der Waals surface area contributed by atoms with Gasteiger partial charge in [-0.1, -0.05) is 78.5 Å². The van der Waals surface area contributed by atoms with E-state index in [1.54, 1.807) is 6.08 Å². The second-order valence-corrected chi connectivity index (χ2v) is 10.4. The SMILES string of the molecule is C=CCn1c(CCc2ccccc2)nnc1SCC(=O)Nc1sc(C)c(-c2ccccc2)c1C(=O)OC. The lowest BCUT2D eigenvalue weighted by atomic mass is 10.0. The molecule has 0 saturated heterocycles. The van der Waals surface area contributed by atoms with Gasteiger partial charge in [0.25, 0.3) is 0 Å². The first-order valence-corrected chi connectivity index (χ1v) is 13.6. The monoisotopic (exact) mass is 532 g/mol. The molecule has 1 amide bonds. The molecule has 0 spiro atoms. The van der Waals surface area contributed by atoms with Crippen molar-refractivity contribution < 1.29 is 14.3 Å². The number of esters is 1. The van der Waals surface area contributed by atoms with E-state index in [-0.39, 0.29) is 11.7 Å². The Morgan fingerprint density at radius 3 is 2.46 bits per heavy atom. The maximum absolute atomic E-state index is 12.9. The topological polar surface area (TPSA) is 86.1 Å². The van der Waals surface area contributed by atoms with E-state index in [0.717, 1.165) is 34.7 Å². The Kier molecular flexibility index (Phi) is 8.92. The zero-order chi connectivity index (χ0) is 26.2. The minimum atomic E-state index is -0.486. The van der Waals surface area contributed by atoms with E-state index in [1.165, 1.54) is 35.8 Å². The number of methoxy groups -OCH3 is 1. The second kappa shape index (κ2) is 12.5. The fourth-order valence-electron chi connectivity index (χ4n) is 4.00. The Morgan fingerprint density at radius 2 is 1.78 bits per heavy atom. The molecule has 2 aromatic heterocycles. The van der Waals surface area contributed by atoms with E-state index in [0.29, 0.717) is 22.3 Å². The summed E-state index contributed by atoms with van der Waals surface area (Å²) in [5.74, 6) is 0.239. The summed E-state index contributed by atoms with van der Waals surface area (Å²) in [5, 5.41) is 12.7. The van der Waals surface area contributed by atoms with Crippen LogP contribution in [0.2, 0.25) is 0 Å². The van der Waals surface area contributed by atoms with Crippen LogP contribution in [0.5, 0.6) is 0 Å². The molecule has 0 atom stereocenters. The highest BCUT2D eigenvalue weighted by Crippen LogP contribution is 2.40. The number of allylic oxidation sites excluding steroid dienone is 1. The lowest BCUT2D eigenvalue weighted by Crippen LogP contribution is -2.16. The first-order valence-electron chi connectivity index (χ1n) is 11.8. The summed E-state index contributed by atoms with van der Waals surface area (Å²) < 4.78 is 7.03. The minimum absolute atomic E-state index is 0.117. The van der Waals surface area contributed by atoms with Crippen LogP contribution < -0.4 is 5.32 Å². The summed E-state index contributed by atoms with van der Waals surface area (Å²) in [6.07, 6.45) is 3.37. The molecule has 0 radical (unpaired) electrons. The number of rotatable bonds is 11. The minimum Gasteiger partial charge on any atom is -0.465 e. The fourth-order valence-corrected chi connectivity index (χ4v) is 5.85. The van der Waals surface area contributed by atoms with E-state index in [1.807, 2.05) is 60.0 Å². The summed E-state index contributed by atoms with van der Waals surface area (Å²) in [7, 11) is 1.34. The smallest absolute Gasteiger partial charge is 0.341 e. The molecule has 2 aromatic carbocycles. The number of hydrogen-bond donors (Lipinski definition) is 1. The summed E-state index contributed by atoms with van der Waals surface area (Å²) in [5.41, 5.74) is 3.26. The number of amides is 1. The molecule has 7 nitrogen and oxygen atoms in total. The highest BCUT2D eigenvalue weighted by molar-refractivity contribution is 7.99. The van der Waals surface area contributed by atoms with Gasteiger partial charge in [-0.25, -0.2) is 4.79 Å². The van der Waals surface area contributed by atoms with Crippen molar-refractivity contribution in [1.82, 2.24) is 14.8 Å². The summed E-state index contributed by atoms with van der Waals surface area (Å²) in [4.78, 5) is 26.5. The van der Waals surface area contributed by atoms with Crippen molar-refractivity contribution in [2.45, 2.75) is 31.5 Å². The highest BCUT2D eigenvalue weighted by atomic mass is 32.2. The number of thiophene rings is 1. The normalized spacial score (nSPS) is 10.8. The maximum Gasteiger partial charge on any atom is 0.341 e. The van der Waals surface area contributed by atoms with Gasteiger partial charge >= 0.3 is 5.97 Å². The Labute approximate surface area is 224 Å². The van der Waals surface area contributed by atoms with E-state index in [9.17, 15) is 9.59 Å². The molecule has 4 rings (SSSR count). The predicted molar refractivity (Wildman–Crippen MR) is 149 cm³/mol. The van der Waals surface area contributed by atoms with Crippen molar-refractivity contribution in [2.75, 3.05) is 18.2 Å². The van der Waals surface area contributed by atoms with Gasteiger partial charge < -0.3 is 14.6 Å². The van der Waals surface area contributed by atoms with E-state index in [2.05, 4.69) is 34.2 Å². The molecule has 0 aliphatic rings. The molecule has 1 N–H and O–H groups in total. The number of benzene rings is 2. The van der Waals surface area contributed by atoms with Crippen LogP contribution >= 0.6 is 23.1 Å². The van der Waals surface area contributed by atoms with Crippen molar-refractivity contribution in [3.8, 4) is 11.1 Å². The third-order valence-corrected chi connectivity index (χ3v) is 7.69. The Balaban J connectivity index is 1.47. The van der Waals surface area contributed by atoms with Gasteiger partial charge in [0.2, 0.25) is 5.91 Å². The average Bonchev–Trinajstić information content (AvgIpc) is 3.46. The number of hydrogen-bond acceptors (Lipinski definition) is 7. The number of aromatic nitrogens is 3. The van der Waals surface area contributed by atoms with Gasteiger partial charge in [0.1, 0.15) is 16.4 Å². The number of anilines is 1. The third kappa shape index (κ3) is 6.36. The molecule has 190 valence electrons. The quantitative estimate of drug-likeness (QED) is 0.149.